The van der Waals surface area contributed by atoms with Crippen molar-refractivity contribution < 1.29 is 9.18 Å². The summed E-state index contributed by atoms with van der Waals surface area (Å²) in [6.07, 6.45) is 0. The van der Waals surface area contributed by atoms with Gasteiger partial charge in [-0.3, -0.25) is 4.79 Å². The third kappa shape index (κ3) is 3.19. The first-order chi connectivity index (χ1) is 9.38. The first-order valence-electron chi connectivity index (χ1n) is 6.22. The van der Waals surface area contributed by atoms with Crippen molar-refractivity contribution in [3.63, 3.8) is 0 Å². The topological polar surface area (TPSA) is 49.8 Å². The highest BCUT2D eigenvalue weighted by molar-refractivity contribution is 7.71. The van der Waals surface area contributed by atoms with Crippen molar-refractivity contribution in [2.24, 2.45) is 5.92 Å². The average Bonchev–Trinajstić information content (AvgIpc) is 2.64. The van der Waals surface area contributed by atoms with Gasteiger partial charge in [-0.2, -0.15) is 0 Å². The number of benzene rings is 1. The fraction of sp³-hybridized carbons (Fsp3) is 0.385. The molecule has 0 aliphatic heterocycles. The van der Waals surface area contributed by atoms with Gasteiger partial charge in [-0.25, -0.2) is 4.39 Å². The molecule has 0 saturated carbocycles. The van der Waals surface area contributed by atoms with Crippen molar-refractivity contribution >= 4 is 40.8 Å². The monoisotopic (exact) mass is 315 g/mol. The minimum atomic E-state index is -0.537. The van der Waals surface area contributed by atoms with Crippen LogP contribution in [0.3, 0.4) is 0 Å². The molecule has 2 rings (SSSR count). The number of aromatic amines is 1. The SMILES string of the molecule is CC(C)CNC(=O)Cn1c(=S)[nH]c2cc(Cl)c(F)cc21. The molecule has 0 aliphatic carbocycles. The number of hydrogen-bond donors (Lipinski definition) is 2. The number of aromatic nitrogens is 2. The summed E-state index contributed by atoms with van der Waals surface area (Å²) in [6, 6.07) is 2.74. The molecule has 1 aromatic heterocycles. The summed E-state index contributed by atoms with van der Waals surface area (Å²) in [5.74, 6) is -0.332. The van der Waals surface area contributed by atoms with E-state index in [0.29, 0.717) is 28.3 Å². The van der Waals surface area contributed by atoms with Gasteiger partial charge in [-0.05, 0) is 24.2 Å². The van der Waals surface area contributed by atoms with Crippen LogP contribution in [0.25, 0.3) is 11.0 Å². The van der Waals surface area contributed by atoms with E-state index in [4.69, 9.17) is 23.8 Å². The highest BCUT2D eigenvalue weighted by Crippen LogP contribution is 2.22. The molecular formula is C13H15ClFN3OS. The summed E-state index contributed by atoms with van der Waals surface area (Å²) in [7, 11) is 0. The Kier molecular flexibility index (Phi) is 4.45. The molecule has 4 nitrogen and oxygen atoms in total. The van der Waals surface area contributed by atoms with Gasteiger partial charge >= 0.3 is 0 Å². The maximum absolute atomic E-state index is 13.5. The van der Waals surface area contributed by atoms with Gasteiger partial charge in [0.1, 0.15) is 12.4 Å². The van der Waals surface area contributed by atoms with E-state index < -0.39 is 5.82 Å². The Labute approximate surface area is 125 Å². The molecule has 7 heteroatoms. The van der Waals surface area contributed by atoms with Crippen LogP contribution in [0.4, 0.5) is 4.39 Å². The molecule has 1 heterocycles. The molecule has 1 aromatic carbocycles. The van der Waals surface area contributed by atoms with Gasteiger partial charge in [-0.15, -0.1) is 0 Å². The van der Waals surface area contributed by atoms with Crippen molar-refractivity contribution in [1.82, 2.24) is 14.9 Å². The van der Waals surface area contributed by atoms with E-state index in [1.165, 1.54) is 12.1 Å². The molecule has 2 aromatic rings. The van der Waals surface area contributed by atoms with Gasteiger partial charge in [-0.1, -0.05) is 25.4 Å². The molecule has 1 amide bonds. The van der Waals surface area contributed by atoms with E-state index in [1.807, 2.05) is 13.8 Å². The van der Waals surface area contributed by atoms with E-state index >= 15 is 0 Å². The smallest absolute Gasteiger partial charge is 0.240 e. The standard InChI is InChI=1S/C13H15ClFN3OS/c1-7(2)5-16-12(19)6-18-11-4-9(15)8(14)3-10(11)17-13(18)20/h3-4,7H,5-6H2,1-2H3,(H,16,19)(H,17,20). The summed E-state index contributed by atoms with van der Waals surface area (Å²) in [6.45, 7) is 4.66. The Morgan fingerprint density at radius 1 is 1.55 bits per heavy atom. The zero-order valence-corrected chi connectivity index (χ0v) is 12.7. The lowest BCUT2D eigenvalue weighted by atomic mass is 10.2. The van der Waals surface area contributed by atoms with Crippen molar-refractivity contribution in [3.8, 4) is 0 Å². The number of fused-ring (bicyclic) bond motifs is 1. The number of halogens is 2. The Balaban J connectivity index is 2.30. The third-order valence-electron chi connectivity index (χ3n) is 2.83. The predicted octanol–water partition coefficient (Wildman–Crippen LogP) is 3.26. The maximum atomic E-state index is 13.5. The molecule has 0 radical (unpaired) electrons. The lowest BCUT2D eigenvalue weighted by Crippen LogP contribution is -2.30. The molecule has 2 N–H and O–H groups in total. The molecule has 0 fully saturated rings. The molecule has 0 unspecified atom stereocenters. The maximum Gasteiger partial charge on any atom is 0.240 e. The van der Waals surface area contributed by atoms with Crippen LogP contribution in [-0.4, -0.2) is 22.0 Å². The van der Waals surface area contributed by atoms with Crippen LogP contribution in [0.2, 0.25) is 5.02 Å². The first-order valence-corrected chi connectivity index (χ1v) is 7.01. The minimum absolute atomic E-state index is 0.0187. The van der Waals surface area contributed by atoms with E-state index in [9.17, 15) is 9.18 Å². The molecule has 0 bridgehead atoms. The van der Waals surface area contributed by atoms with Gasteiger partial charge in [0.25, 0.3) is 0 Å². The van der Waals surface area contributed by atoms with Gasteiger partial charge in [0.2, 0.25) is 5.91 Å². The van der Waals surface area contributed by atoms with Crippen molar-refractivity contribution in [2.75, 3.05) is 6.54 Å². The minimum Gasteiger partial charge on any atom is -0.354 e. The van der Waals surface area contributed by atoms with E-state index in [2.05, 4.69) is 10.3 Å². The normalized spacial score (nSPS) is 11.2. The zero-order valence-electron chi connectivity index (χ0n) is 11.2. The Morgan fingerprint density at radius 3 is 2.90 bits per heavy atom. The van der Waals surface area contributed by atoms with Gasteiger partial charge in [0.15, 0.2) is 4.77 Å². The summed E-state index contributed by atoms with van der Waals surface area (Å²) < 4.78 is 15.5. The number of carbonyl (C=O) groups excluding carboxylic acids is 1. The molecule has 0 spiro atoms. The Bertz CT molecular complexity index is 707. The van der Waals surface area contributed by atoms with Gasteiger partial charge < -0.3 is 14.9 Å². The molecule has 0 aliphatic rings. The summed E-state index contributed by atoms with van der Waals surface area (Å²) in [4.78, 5) is 14.8. The number of imidazole rings is 1. The number of nitrogens with zero attached hydrogens (tertiary/aromatic N) is 1. The fourth-order valence-electron chi connectivity index (χ4n) is 1.83. The summed E-state index contributed by atoms with van der Waals surface area (Å²) >= 11 is 10.9. The van der Waals surface area contributed by atoms with Crippen LogP contribution < -0.4 is 5.32 Å². The van der Waals surface area contributed by atoms with Crippen LogP contribution in [0.5, 0.6) is 0 Å². The van der Waals surface area contributed by atoms with Crippen LogP contribution in [-0.2, 0) is 11.3 Å². The van der Waals surface area contributed by atoms with E-state index in [1.54, 1.807) is 4.57 Å². The number of amides is 1. The average molecular weight is 316 g/mol. The Hall–Kier alpha value is -1.40. The second-order valence-electron chi connectivity index (χ2n) is 5.00. The number of H-pyrrole nitrogens is 1. The zero-order chi connectivity index (χ0) is 14.9. The number of nitrogens with one attached hydrogen (secondary N) is 2. The highest BCUT2D eigenvalue weighted by atomic mass is 35.5. The number of rotatable bonds is 4. The fourth-order valence-corrected chi connectivity index (χ4v) is 2.26. The van der Waals surface area contributed by atoms with Crippen LogP contribution in [0.1, 0.15) is 13.8 Å². The molecule has 108 valence electrons. The lowest BCUT2D eigenvalue weighted by Gasteiger charge is -2.08. The molecule has 0 atom stereocenters. The predicted molar refractivity (Wildman–Crippen MR) is 79.9 cm³/mol. The number of hydrogen-bond acceptors (Lipinski definition) is 2. The molecule has 20 heavy (non-hydrogen) atoms. The first kappa shape index (κ1) is 15.0. The van der Waals surface area contributed by atoms with Crippen molar-refractivity contribution in [3.05, 3.63) is 27.7 Å². The van der Waals surface area contributed by atoms with Crippen molar-refractivity contribution in [2.45, 2.75) is 20.4 Å². The van der Waals surface area contributed by atoms with Crippen molar-refractivity contribution in [1.29, 1.82) is 0 Å². The Morgan fingerprint density at radius 2 is 2.25 bits per heavy atom. The van der Waals surface area contributed by atoms with Crippen LogP contribution in [0, 0.1) is 16.5 Å². The quantitative estimate of drug-likeness (QED) is 0.851. The second kappa shape index (κ2) is 5.93. The highest BCUT2D eigenvalue weighted by Gasteiger charge is 2.12. The van der Waals surface area contributed by atoms with Gasteiger partial charge in [0.05, 0.1) is 16.1 Å². The molecule has 0 saturated heterocycles. The largest absolute Gasteiger partial charge is 0.354 e. The number of carbonyl (C=O) groups is 1. The lowest BCUT2D eigenvalue weighted by molar-refractivity contribution is -0.121. The van der Waals surface area contributed by atoms with E-state index in [0.717, 1.165) is 0 Å². The second-order valence-corrected chi connectivity index (χ2v) is 5.79. The van der Waals surface area contributed by atoms with Gasteiger partial charge in [0, 0.05) is 12.6 Å². The van der Waals surface area contributed by atoms with Crippen LogP contribution in [0.15, 0.2) is 12.1 Å². The summed E-state index contributed by atoms with van der Waals surface area (Å²) in [5.41, 5.74) is 1.13. The molecular weight excluding hydrogens is 301 g/mol. The van der Waals surface area contributed by atoms with E-state index in [-0.39, 0.29) is 17.5 Å². The summed E-state index contributed by atoms with van der Waals surface area (Å²) in [5, 5.41) is 2.82. The third-order valence-corrected chi connectivity index (χ3v) is 3.44. The van der Waals surface area contributed by atoms with Crippen LogP contribution >= 0.6 is 23.8 Å².